The molecular weight excluding hydrogens is 356 g/mol. The molecule has 150 valence electrons. The van der Waals surface area contributed by atoms with Crippen molar-refractivity contribution in [3.8, 4) is 17.2 Å². The third-order valence-electron chi connectivity index (χ3n) is 4.37. The molecule has 2 rings (SSSR count). The fourth-order valence-corrected chi connectivity index (χ4v) is 2.82. The zero-order valence-electron chi connectivity index (χ0n) is 16.6. The first-order valence-electron chi connectivity index (χ1n) is 9.34. The second-order valence-electron chi connectivity index (χ2n) is 7.56. The molecule has 0 bridgehead atoms. The van der Waals surface area contributed by atoms with Crippen molar-refractivity contribution in [2.45, 2.75) is 45.6 Å². The van der Waals surface area contributed by atoms with E-state index in [1.54, 1.807) is 44.2 Å². The molecule has 0 aliphatic heterocycles. The average Bonchev–Trinajstić information content (AvgIpc) is 2.60. The molecule has 5 nitrogen and oxygen atoms in total. The predicted molar refractivity (Wildman–Crippen MR) is 109 cm³/mol. The van der Waals surface area contributed by atoms with Gasteiger partial charge in [0.15, 0.2) is 0 Å². The van der Waals surface area contributed by atoms with E-state index in [2.05, 4.69) is 0 Å². The van der Waals surface area contributed by atoms with Gasteiger partial charge in [-0.2, -0.15) is 0 Å². The summed E-state index contributed by atoms with van der Waals surface area (Å²) in [7, 11) is 0. The third kappa shape index (κ3) is 6.43. The summed E-state index contributed by atoms with van der Waals surface area (Å²) < 4.78 is 5.57. The Morgan fingerprint density at radius 1 is 1.11 bits per heavy atom. The first-order valence-corrected chi connectivity index (χ1v) is 9.34. The van der Waals surface area contributed by atoms with Crippen molar-refractivity contribution in [2.75, 3.05) is 6.61 Å². The SMILES string of the molecule is CC(=CCOc1cc(O)c(C(=O)c2ccccc2)c(O)c1)CCCC(C)(C)O. The maximum atomic E-state index is 12.5. The van der Waals surface area contributed by atoms with Crippen molar-refractivity contribution in [3.05, 3.63) is 65.2 Å². The Labute approximate surface area is 165 Å². The van der Waals surface area contributed by atoms with Gasteiger partial charge in [0.1, 0.15) is 29.4 Å². The van der Waals surface area contributed by atoms with Crippen molar-refractivity contribution in [1.29, 1.82) is 0 Å². The van der Waals surface area contributed by atoms with Crippen LogP contribution in [0.1, 0.15) is 56.0 Å². The number of ether oxygens (including phenoxy) is 1. The minimum atomic E-state index is -0.662. The molecule has 5 heteroatoms. The Bertz CT molecular complexity index is 809. The number of phenolic OH excluding ortho intramolecular Hbond substituents is 2. The Kier molecular flexibility index (Phi) is 7.24. The normalized spacial score (nSPS) is 12.1. The van der Waals surface area contributed by atoms with Gasteiger partial charge < -0.3 is 20.1 Å². The van der Waals surface area contributed by atoms with E-state index in [0.29, 0.717) is 5.56 Å². The number of phenols is 2. The standard InChI is InChI=1S/C23H28O5/c1-16(8-7-12-23(2,3)27)11-13-28-18-14-19(24)21(20(25)15-18)22(26)17-9-5-4-6-10-17/h4-6,9-11,14-15,24-25,27H,7-8,12-13H2,1-3H3. The number of hydrogen-bond donors (Lipinski definition) is 3. The monoisotopic (exact) mass is 384 g/mol. The molecule has 0 aliphatic carbocycles. The molecule has 28 heavy (non-hydrogen) atoms. The summed E-state index contributed by atoms with van der Waals surface area (Å²) in [4.78, 5) is 12.5. The van der Waals surface area contributed by atoms with E-state index in [4.69, 9.17) is 4.74 Å². The summed E-state index contributed by atoms with van der Waals surface area (Å²) >= 11 is 0. The summed E-state index contributed by atoms with van der Waals surface area (Å²) in [5, 5.41) is 30.1. The number of aromatic hydroxyl groups is 2. The quantitative estimate of drug-likeness (QED) is 0.435. The molecule has 0 saturated carbocycles. The first-order chi connectivity index (χ1) is 13.2. The highest BCUT2D eigenvalue weighted by Gasteiger charge is 2.19. The van der Waals surface area contributed by atoms with Crippen LogP contribution >= 0.6 is 0 Å². The molecular formula is C23H28O5. The molecule has 0 aliphatic rings. The molecule has 0 radical (unpaired) electrons. The van der Waals surface area contributed by atoms with Gasteiger partial charge >= 0.3 is 0 Å². The summed E-state index contributed by atoms with van der Waals surface area (Å²) in [6.07, 6.45) is 4.37. The number of carbonyl (C=O) groups is 1. The van der Waals surface area contributed by atoms with Gasteiger partial charge in [-0.25, -0.2) is 0 Å². The van der Waals surface area contributed by atoms with Crippen LogP contribution in [-0.4, -0.2) is 33.3 Å². The topological polar surface area (TPSA) is 87.0 Å². The summed E-state index contributed by atoms with van der Waals surface area (Å²) in [6, 6.07) is 11.1. The smallest absolute Gasteiger partial charge is 0.200 e. The second-order valence-corrected chi connectivity index (χ2v) is 7.56. The highest BCUT2D eigenvalue weighted by Crippen LogP contribution is 2.34. The predicted octanol–water partition coefficient (Wildman–Crippen LogP) is 4.60. The largest absolute Gasteiger partial charge is 0.507 e. The number of rotatable bonds is 9. The van der Waals surface area contributed by atoms with Crippen molar-refractivity contribution in [3.63, 3.8) is 0 Å². The number of benzene rings is 2. The van der Waals surface area contributed by atoms with Crippen LogP contribution in [-0.2, 0) is 0 Å². The maximum Gasteiger partial charge on any atom is 0.200 e. The van der Waals surface area contributed by atoms with Gasteiger partial charge in [0, 0.05) is 17.7 Å². The molecule has 0 aromatic heterocycles. The van der Waals surface area contributed by atoms with Gasteiger partial charge in [0.2, 0.25) is 5.78 Å². The highest BCUT2D eigenvalue weighted by molar-refractivity contribution is 6.12. The third-order valence-corrected chi connectivity index (χ3v) is 4.37. The van der Waals surface area contributed by atoms with E-state index in [-0.39, 0.29) is 29.4 Å². The van der Waals surface area contributed by atoms with E-state index in [1.807, 2.05) is 13.0 Å². The summed E-state index contributed by atoms with van der Waals surface area (Å²) in [5.41, 5.74) is 0.710. The van der Waals surface area contributed by atoms with Crippen LogP contribution in [0.4, 0.5) is 0 Å². The number of hydrogen-bond acceptors (Lipinski definition) is 5. The van der Waals surface area contributed by atoms with Crippen LogP contribution in [0.5, 0.6) is 17.2 Å². The molecule has 0 unspecified atom stereocenters. The lowest BCUT2D eigenvalue weighted by molar-refractivity contribution is 0.0689. The fourth-order valence-electron chi connectivity index (χ4n) is 2.82. The van der Waals surface area contributed by atoms with Crippen LogP contribution in [0.3, 0.4) is 0 Å². The molecule has 0 spiro atoms. The van der Waals surface area contributed by atoms with Gasteiger partial charge in [-0.1, -0.05) is 35.9 Å². The van der Waals surface area contributed by atoms with Gasteiger partial charge in [-0.05, 0) is 46.1 Å². The Hall–Kier alpha value is -2.79. The van der Waals surface area contributed by atoms with Crippen LogP contribution in [0, 0.1) is 0 Å². The molecule has 0 amide bonds. The molecule has 0 heterocycles. The maximum absolute atomic E-state index is 12.5. The van der Waals surface area contributed by atoms with E-state index in [9.17, 15) is 20.1 Å². The summed E-state index contributed by atoms with van der Waals surface area (Å²) in [6.45, 7) is 5.85. The van der Waals surface area contributed by atoms with Crippen LogP contribution in [0.2, 0.25) is 0 Å². The number of ketones is 1. The van der Waals surface area contributed by atoms with Gasteiger partial charge in [-0.3, -0.25) is 4.79 Å². The van der Waals surface area contributed by atoms with E-state index in [1.165, 1.54) is 12.1 Å². The highest BCUT2D eigenvalue weighted by atomic mass is 16.5. The lowest BCUT2D eigenvalue weighted by atomic mass is 9.99. The van der Waals surface area contributed by atoms with Crippen molar-refractivity contribution < 1.29 is 24.9 Å². The van der Waals surface area contributed by atoms with Crippen LogP contribution in [0.25, 0.3) is 0 Å². The summed E-state index contributed by atoms with van der Waals surface area (Å²) in [5.74, 6) is -0.825. The second kappa shape index (κ2) is 9.42. The van der Waals surface area contributed by atoms with Crippen molar-refractivity contribution in [1.82, 2.24) is 0 Å². The van der Waals surface area contributed by atoms with Gasteiger partial charge in [-0.15, -0.1) is 0 Å². The molecule has 2 aromatic carbocycles. The zero-order chi connectivity index (χ0) is 20.7. The Morgan fingerprint density at radius 3 is 2.29 bits per heavy atom. The van der Waals surface area contributed by atoms with Crippen molar-refractivity contribution >= 4 is 5.78 Å². The van der Waals surface area contributed by atoms with Gasteiger partial charge in [0.05, 0.1) is 5.60 Å². The van der Waals surface area contributed by atoms with E-state index >= 15 is 0 Å². The molecule has 0 saturated heterocycles. The minimum absolute atomic E-state index is 0.142. The minimum Gasteiger partial charge on any atom is -0.507 e. The number of carbonyl (C=O) groups excluding carboxylic acids is 1. The first kappa shape index (κ1) is 21.5. The lowest BCUT2D eigenvalue weighted by Crippen LogP contribution is -2.17. The van der Waals surface area contributed by atoms with Gasteiger partial charge in [0.25, 0.3) is 0 Å². The van der Waals surface area contributed by atoms with Crippen molar-refractivity contribution in [2.24, 2.45) is 0 Å². The molecule has 2 aromatic rings. The van der Waals surface area contributed by atoms with E-state index < -0.39 is 11.4 Å². The lowest BCUT2D eigenvalue weighted by Gasteiger charge is -2.16. The Morgan fingerprint density at radius 2 is 1.71 bits per heavy atom. The fraction of sp³-hybridized carbons (Fsp3) is 0.348. The molecule has 3 N–H and O–H groups in total. The van der Waals surface area contributed by atoms with Crippen LogP contribution < -0.4 is 4.74 Å². The Balaban J connectivity index is 1.99. The zero-order valence-corrected chi connectivity index (χ0v) is 16.6. The molecule has 0 fully saturated rings. The average molecular weight is 384 g/mol. The molecule has 0 atom stereocenters. The number of allylic oxidation sites excluding steroid dienone is 1. The number of aliphatic hydroxyl groups is 1. The van der Waals surface area contributed by atoms with Crippen LogP contribution in [0.15, 0.2) is 54.1 Å². The van der Waals surface area contributed by atoms with E-state index in [0.717, 1.165) is 24.8 Å².